The number of hydrogen-bond donors (Lipinski definition) is 3. The minimum atomic E-state index is -0.996. The van der Waals surface area contributed by atoms with Gasteiger partial charge in [-0.25, -0.2) is 0 Å². The van der Waals surface area contributed by atoms with Crippen LogP contribution in [0.2, 0.25) is 0 Å². The van der Waals surface area contributed by atoms with Gasteiger partial charge in [0.25, 0.3) is 0 Å². The molecule has 2 rings (SSSR count). The second-order valence-corrected chi connectivity index (χ2v) is 8.07. The zero-order valence-electron chi connectivity index (χ0n) is 19.8. The summed E-state index contributed by atoms with van der Waals surface area (Å²) in [6.45, 7) is 5.91. The number of rotatable bonds is 12. The number of esters is 1. The van der Waals surface area contributed by atoms with Crippen molar-refractivity contribution < 1.29 is 24.2 Å². The van der Waals surface area contributed by atoms with Crippen molar-refractivity contribution in [1.82, 2.24) is 11.5 Å². The molecular formula is C26H36N2O5. The van der Waals surface area contributed by atoms with Crippen LogP contribution in [-0.4, -0.2) is 35.6 Å². The van der Waals surface area contributed by atoms with Gasteiger partial charge in [-0.3, -0.25) is 14.4 Å². The van der Waals surface area contributed by atoms with Crippen LogP contribution in [-0.2, 0) is 19.1 Å². The summed E-state index contributed by atoms with van der Waals surface area (Å²) in [7, 11) is 0. The molecule has 1 amide bonds. The number of ether oxygens (including phenoxy) is 1. The van der Waals surface area contributed by atoms with Crippen molar-refractivity contribution in [2.24, 2.45) is 5.92 Å². The van der Waals surface area contributed by atoms with Crippen LogP contribution in [0, 0.1) is 5.92 Å². The van der Waals surface area contributed by atoms with Crippen LogP contribution in [0.25, 0.3) is 11.1 Å². The van der Waals surface area contributed by atoms with Gasteiger partial charge in [-0.1, -0.05) is 61.5 Å². The topological polar surface area (TPSA) is 128 Å². The summed E-state index contributed by atoms with van der Waals surface area (Å²) >= 11 is 0. The molecule has 0 fully saturated rings. The van der Waals surface area contributed by atoms with Crippen LogP contribution in [0.4, 0.5) is 0 Å². The Morgan fingerprint density at radius 3 is 2.09 bits per heavy atom. The van der Waals surface area contributed by atoms with E-state index in [4.69, 9.17) is 9.84 Å². The number of carbonyl (C=O) groups is 3. The quantitative estimate of drug-likeness (QED) is 0.388. The van der Waals surface area contributed by atoms with Crippen LogP contribution in [0.3, 0.4) is 0 Å². The van der Waals surface area contributed by atoms with Gasteiger partial charge < -0.3 is 21.3 Å². The molecule has 33 heavy (non-hydrogen) atoms. The molecule has 0 aliphatic carbocycles. The molecule has 0 saturated carbocycles. The number of carbonyl (C=O) groups excluding carboxylic acids is 2. The van der Waals surface area contributed by atoms with Crippen molar-refractivity contribution in [3.05, 3.63) is 60.2 Å². The third-order valence-electron chi connectivity index (χ3n) is 5.60. The molecule has 2 aromatic rings. The number of benzene rings is 2. The van der Waals surface area contributed by atoms with E-state index < -0.39 is 5.97 Å². The van der Waals surface area contributed by atoms with Gasteiger partial charge >= 0.3 is 11.9 Å². The molecular weight excluding hydrogens is 420 g/mol. The lowest BCUT2D eigenvalue weighted by atomic mass is 9.85. The number of hydrogen-bond acceptors (Lipinski definition) is 5. The van der Waals surface area contributed by atoms with E-state index in [-0.39, 0.29) is 48.7 Å². The maximum atomic E-state index is 12.2. The number of nitrogens with one attached hydrogen (secondary N) is 1. The molecule has 0 heterocycles. The third kappa shape index (κ3) is 9.06. The average molecular weight is 457 g/mol. The first-order chi connectivity index (χ1) is 15.3. The smallest absolute Gasteiger partial charge is 0.308 e. The van der Waals surface area contributed by atoms with Gasteiger partial charge in [-0.2, -0.15) is 0 Å². The van der Waals surface area contributed by atoms with Crippen LogP contribution >= 0.6 is 0 Å². The Kier molecular flexibility index (Phi) is 11.9. The number of carboxylic acids is 1. The number of carboxylic acid groups (broad SMARTS) is 1. The molecule has 2 aromatic carbocycles. The molecule has 2 unspecified atom stereocenters. The fourth-order valence-electron chi connectivity index (χ4n) is 3.74. The summed E-state index contributed by atoms with van der Waals surface area (Å²) in [4.78, 5) is 35.0. The summed E-state index contributed by atoms with van der Waals surface area (Å²) in [5.41, 5.74) is 3.29. The van der Waals surface area contributed by atoms with Gasteiger partial charge in [-0.15, -0.1) is 0 Å². The van der Waals surface area contributed by atoms with Crippen LogP contribution in [0.15, 0.2) is 54.6 Å². The van der Waals surface area contributed by atoms with E-state index >= 15 is 0 Å². The second-order valence-electron chi connectivity index (χ2n) is 8.07. The molecule has 0 aromatic heterocycles. The predicted molar refractivity (Wildman–Crippen MR) is 129 cm³/mol. The Hall–Kier alpha value is -3.19. The molecule has 3 atom stereocenters. The Bertz CT molecular complexity index is 883. The molecule has 7 nitrogen and oxygen atoms in total. The van der Waals surface area contributed by atoms with E-state index in [0.29, 0.717) is 19.4 Å². The second kappa shape index (κ2) is 14.1. The van der Waals surface area contributed by atoms with Crippen LogP contribution in [0.1, 0.15) is 57.9 Å². The maximum absolute atomic E-state index is 12.2. The van der Waals surface area contributed by atoms with Gasteiger partial charge in [0.2, 0.25) is 5.91 Å². The van der Waals surface area contributed by atoms with E-state index in [1.165, 1.54) is 0 Å². The molecule has 5 N–H and O–H groups in total. The van der Waals surface area contributed by atoms with Crippen molar-refractivity contribution in [3.8, 4) is 11.1 Å². The van der Waals surface area contributed by atoms with Gasteiger partial charge in [0.15, 0.2) is 0 Å². The number of aliphatic carboxylic acids is 1. The molecule has 0 saturated heterocycles. The highest BCUT2D eigenvalue weighted by molar-refractivity contribution is 5.80. The number of amides is 1. The summed E-state index contributed by atoms with van der Waals surface area (Å²) in [5.74, 6) is -1.77. The molecule has 0 spiro atoms. The van der Waals surface area contributed by atoms with E-state index in [1.54, 1.807) is 6.92 Å². The van der Waals surface area contributed by atoms with Gasteiger partial charge in [0.1, 0.15) is 0 Å². The monoisotopic (exact) mass is 456 g/mol. The maximum Gasteiger partial charge on any atom is 0.308 e. The molecule has 0 radical (unpaired) electrons. The van der Waals surface area contributed by atoms with Crippen molar-refractivity contribution in [2.45, 2.75) is 58.4 Å². The minimum Gasteiger partial charge on any atom is -0.481 e. The Labute approximate surface area is 196 Å². The van der Waals surface area contributed by atoms with E-state index in [2.05, 4.69) is 41.7 Å². The lowest BCUT2D eigenvalue weighted by Crippen LogP contribution is -2.37. The highest BCUT2D eigenvalue weighted by Gasteiger charge is 2.24. The van der Waals surface area contributed by atoms with Crippen molar-refractivity contribution >= 4 is 17.8 Å². The van der Waals surface area contributed by atoms with E-state index in [0.717, 1.165) is 16.7 Å². The first-order valence-corrected chi connectivity index (χ1v) is 11.1. The fraction of sp³-hybridized carbons (Fsp3) is 0.423. The molecule has 180 valence electrons. The Balaban J connectivity index is 0.00000544. The average Bonchev–Trinajstić information content (AvgIpc) is 2.79. The third-order valence-corrected chi connectivity index (χ3v) is 5.60. The summed E-state index contributed by atoms with van der Waals surface area (Å²) in [6, 6.07) is 18.1. The normalized spacial score (nSPS) is 13.2. The van der Waals surface area contributed by atoms with Gasteiger partial charge in [0.05, 0.1) is 18.9 Å². The zero-order valence-corrected chi connectivity index (χ0v) is 19.8. The lowest BCUT2D eigenvalue weighted by Gasteiger charge is -2.27. The van der Waals surface area contributed by atoms with Gasteiger partial charge in [0, 0.05) is 18.4 Å². The van der Waals surface area contributed by atoms with Crippen molar-refractivity contribution in [1.29, 1.82) is 0 Å². The highest BCUT2D eigenvalue weighted by atomic mass is 16.5. The first kappa shape index (κ1) is 27.8. The molecule has 0 aliphatic heterocycles. The summed E-state index contributed by atoms with van der Waals surface area (Å²) in [5, 5.41) is 11.8. The van der Waals surface area contributed by atoms with Crippen LogP contribution in [0.5, 0.6) is 0 Å². The highest BCUT2D eigenvalue weighted by Crippen LogP contribution is 2.29. The fourth-order valence-corrected chi connectivity index (χ4v) is 3.74. The molecule has 7 heteroatoms. The largest absolute Gasteiger partial charge is 0.481 e. The Morgan fingerprint density at radius 1 is 0.909 bits per heavy atom. The summed E-state index contributed by atoms with van der Waals surface area (Å²) in [6.07, 6.45) is 1.05. The molecule has 0 bridgehead atoms. The predicted octanol–water partition coefficient (Wildman–Crippen LogP) is 4.95. The van der Waals surface area contributed by atoms with Gasteiger partial charge in [-0.05, 0) is 43.4 Å². The van der Waals surface area contributed by atoms with E-state index in [1.807, 2.05) is 32.0 Å². The Morgan fingerprint density at radius 2 is 1.52 bits per heavy atom. The van der Waals surface area contributed by atoms with E-state index in [9.17, 15) is 14.4 Å². The van der Waals surface area contributed by atoms with Crippen LogP contribution < -0.4 is 11.5 Å². The first-order valence-electron chi connectivity index (χ1n) is 11.1. The van der Waals surface area contributed by atoms with Crippen molar-refractivity contribution in [2.75, 3.05) is 6.61 Å². The summed E-state index contributed by atoms with van der Waals surface area (Å²) < 4.78 is 5.12. The van der Waals surface area contributed by atoms with Crippen molar-refractivity contribution in [3.63, 3.8) is 0 Å². The molecule has 0 aliphatic rings. The standard InChI is InChI=1S/C26H33NO5.H3N/c1-4-32-26(31)18(2)10-15-23(19(3)27-24(28)16-17-25(29)30)22-13-11-21(12-14-22)20-8-6-5-7-9-20;/h5-9,11-14,18-19,23H,4,10,15-17H2,1-3H3,(H,27,28)(H,29,30);1H3/t18-,19?,23?;/m1./s1. The zero-order chi connectivity index (χ0) is 23.5. The SMILES string of the molecule is CCOC(=O)[C@H](C)CCC(c1ccc(-c2ccccc2)cc1)C(C)NC(=O)CCC(=O)O.N. The minimum absolute atomic E-state index is 0. The lowest BCUT2D eigenvalue weighted by molar-refractivity contribution is -0.147.